The highest BCUT2D eigenvalue weighted by atomic mass is 32.1. The minimum Gasteiger partial charge on any atom is -0.493 e. The SMILES string of the molecule is COC(=O)C1=C(C)N(c2ccc(C)c(C)c2)C(=S)NC1c1ccc(OC)c(OC)c1. The van der Waals surface area contributed by atoms with Crippen molar-refractivity contribution in [2.24, 2.45) is 0 Å². The van der Waals surface area contributed by atoms with E-state index in [1.54, 1.807) is 20.3 Å². The highest BCUT2D eigenvalue weighted by Crippen LogP contribution is 2.37. The Morgan fingerprint density at radius 2 is 1.67 bits per heavy atom. The second-order valence-corrected chi connectivity index (χ2v) is 7.48. The number of methoxy groups -OCH3 is 3. The Morgan fingerprint density at radius 3 is 2.27 bits per heavy atom. The highest BCUT2D eigenvalue weighted by molar-refractivity contribution is 7.80. The lowest BCUT2D eigenvalue weighted by atomic mass is 9.94. The summed E-state index contributed by atoms with van der Waals surface area (Å²) in [4.78, 5) is 14.7. The van der Waals surface area contributed by atoms with E-state index in [4.69, 9.17) is 26.4 Å². The largest absolute Gasteiger partial charge is 0.493 e. The van der Waals surface area contributed by atoms with Gasteiger partial charge in [-0.2, -0.15) is 0 Å². The Labute approximate surface area is 182 Å². The molecule has 7 heteroatoms. The molecule has 1 unspecified atom stereocenters. The van der Waals surface area contributed by atoms with Gasteiger partial charge in [-0.05, 0) is 73.9 Å². The molecule has 3 rings (SSSR count). The molecule has 1 atom stereocenters. The molecule has 0 bridgehead atoms. The molecule has 0 saturated carbocycles. The fourth-order valence-electron chi connectivity index (χ4n) is 3.58. The van der Waals surface area contributed by atoms with Gasteiger partial charge in [0.15, 0.2) is 16.6 Å². The van der Waals surface area contributed by atoms with Gasteiger partial charge in [-0.1, -0.05) is 12.1 Å². The molecular formula is C23H26N2O4S. The van der Waals surface area contributed by atoms with Crippen LogP contribution in [0.5, 0.6) is 11.5 Å². The van der Waals surface area contributed by atoms with Crippen LogP contribution in [-0.2, 0) is 9.53 Å². The third-order valence-electron chi connectivity index (χ3n) is 5.38. The first-order valence-corrected chi connectivity index (χ1v) is 9.92. The third-order valence-corrected chi connectivity index (χ3v) is 5.68. The summed E-state index contributed by atoms with van der Waals surface area (Å²) in [6, 6.07) is 11.1. The number of carbonyl (C=O) groups is 1. The van der Waals surface area contributed by atoms with E-state index in [0.29, 0.717) is 27.9 Å². The first-order valence-electron chi connectivity index (χ1n) is 9.51. The van der Waals surface area contributed by atoms with Gasteiger partial charge in [0.05, 0.1) is 32.9 Å². The van der Waals surface area contributed by atoms with Gasteiger partial charge in [-0.15, -0.1) is 0 Å². The van der Waals surface area contributed by atoms with Crippen LogP contribution >= 0.6 is 12.2 Å². The normalized spacial score (nSPS) is 16.3. The maximum Gasteiger partial charge on any atom is 0.337 e. The number of nitrogens with one attached hydrogen (secondary N) is 1. The summed E-state index contributed by atoms with van der Waals surface area (Å²) in [6.45, 7) is 5.98. The molecule has 2 aromatic carbocycles. The molecule has 0 aromatic heterocycles. The van der Waals surface area contributed by atoms with Gasteiger partial charge in [-0.25, -0.2) is 4.79 Å². The molecule has 1 N–H and O–H groups in total. The maximum absolute atomic E-state index is 12.8. The van der Waals surface area contributed by atoms with Gasteiger partial charge in [0, 0.05) is 11.4 Å². The number of hydrogen-bond donors (Lipinski definition) is 1. The summed E-state index contributed by atoms with van der Waals surface area (Å²) in [6.07, 6.45) is 0. The van der Waals surface area contributed by atoms with Gasteiger partial charge in [0.1, 0.15) is 0 Å². The lowest BCUT2D eigenvalue weighted by molar-refractivity contribution is -0.136. The lowest BCUT2D eigenvalue weighted by Gasteiger charge is -2.37. The Kier molecular flexibility index (Phi) is 6.31. The fraction of sp³-hybridized carbons (Fsp3) is 0.304. The van der Waals surface area contributed by atoms with Crippen molar-refractivity contribution in [1.82, 2.24) is 5.32 Å². The van der Waals surface area contributed by atoms with E-state index in [-0.39, 0.29) is 0 Å². The summed E-state index contributed by atoms with van der Waals surface area (Å²) in [5.41, 5.74) is 5.23. The summed E-state index contributed by atoms with van der Waals surface area (Å²) < 4.78 is 15.9. The zero-order chi connectivity index (χ0) is 22.0. The molecular weight excluding hydrogens is 400 g/mol. The molecule has 6 nitrogen and oxygen atoms in total. The molecule has 0 saturated heterocycles. The number of ether oxygens (including phenoxy) is 3. The van der Waals surface area contributed by atoms with E-state index in [1.807, 2.05) is 43.0 Å². The molecule has 158 valence electrons. The van der Waals surface area contributed by atoms with E-state index in [0.717, 1.165) is 16.8 Å². The minimum absolute atomic E-state index is 0.420. The first kappa shape index (κ1) is 21.6. The average Bonchev–Trinajstić information content (AvgIpc) is 2.74. The van der Waals surface area contributed by atoms with Crippen molar-refractivity contribution in [1.29, 1.82) is 0 Å². The molecule has 0 spiro atoms. The molecule has 1 aliphatic heterocycles. The van der Waals surface area contributed by atoms with Gasteiger partial charge < -0.3 is 19.5 Å². The molecule has 0 fully saturated rings. The van der Waals surface area contributed by atoms with Crippen molar-refractivity contribution in [2.45, 2.75) is 26.8 Å². The third kappa shape index (κ3) is 3.85. The molecule has 0 amide bonds. The number of rotatable bonds is 5. The second-order valence-electron chi connectivity index (χ2n) is 7.09. The Bertz CT molecular complexity index is 1030. The van der Waals surface area contributed by atoms with Gasteiger partial charge in [0.2, 0.25) is 0 Å². The molecule has 1 aliphatic rings. The van der Waals surface area contributed by atoms with E-state index >= 15 is 0 Å². The summed E-state index contributed by atoms with van der Waals surface area (Å²) >= 11 is 5.70. The number of hydrogen-bond acceptors (Lipinski definition) is 5. The van der Waals surface area contributed by atoms with Crippen LogP contribution in [0.1, 0.15) is 29.7 Å². The van der Waals surface area contributed by atoms with Gasteiger partial charge in [-0.3, -0.25) is 4.90 Å². The Morgan fingerprint density at radius 1 is 0.967 bits per heavy atom. The van der Waals surface area contributed by atoms with Gasteiger partial charge >= 0.3 is 5.97 Å². The van der Waals surface area contributed by atoms with Crippen LogP contribution in [0.3, 0.4) is 0 Å². The monoisotopic (exact) mass is 426 g/mol. The Hall–Kier alpha value is -3.06. The van der Waals surface area contributed by atoms with Gasteiger partial charge in [0.25, 0.3) is 0 Å². The van der Waals surface area contributed by atoms with Crippen LogP contribution in [-0.4, -0.2) is 32.4 Å². The van der Waals surface area contributed by atoms with Crippen LogP contribution in [0.2, 0.25) is 0 Å². The number of benzene rings is 2. The van der Waals surface area contributed by atoms with E-state index in [2.05, 4.69) is 18.3 Å². The number of thiocarbonyl (C=S) groups is 1. The van der Waals surface area contributed by atoms with Crippen LogP contribution < -0.4 is 19.7 Å². The smallest absolute Gasteiger partial charge is 0.337 e. The number of nitrogens with zero attached hydrogens (tertiary/aromatic N) is 1. The molecule has 0 aliphatic carbocycles. The van der Waals surface area contributed by atoms with Crippen molar-refractivity contribution in [3.63, 3.8) is 0 Å². The van der Waals surface area contributed by atoms with E-state index in [9.17, 15) is 4.79 Å². The van der Waals surface area contributed by atoms with Crippen molar-refractivity contribution in [3.8, 4) is 11.5 Å². The number of aryl methyl sites for hydroxylation is 2. The highest BCUT2D eigenvalue weighted by Gasteiger charge is 2.35. The molecule has 2 aromatic rings. The number of anilines is 1. The quantitative estimate of drug-likeness (QED) is 0.568. The fourth-order valence-corrected chi connectivity index (χ4v) is 3.94. The summed E-state index contributed by atoms with van der Waals surface area (Å²) in [5.74, 6) is 0.758. The topological polar surface area (TPSA) is 60.0 Å². The lowest BCUT2D eigenvalue weighted by Crippen LogP contribution is -2.48. The summed E-state index contributed by atoms with van der Waals surface area (Å²) in [7, 11) is 4.53. The number of esters is 1. The maximum atomic E-state index is 12.8. The molecule has 30 heavy (non-hydrogen) atoms. The molecule has 1 heterocycles. The van der Waals surface area contributed by atoms with Crippen LogP contribution in [0.15, 0.2) is 47.7 Å². The Balaban J connectivity index is 2.15. The number of allylic oxidation sites excluding steroid dienone is 1. The zero-order valence-corrected chi connectivity index (χ0v) is 18.8. The van der Waals surface area contributed by atoms with Crippen LogP contribution in [0.4, 0.5) is 5.69 Å². The van der Waals surface area contributed by atoms with E-state index in [1.165, 1.54) is 12.7 Å². The standard InChI is InChI=1S/C23H26N2O4S/c1-13-7-9-17(11-14(13)2)25-15(3)20(22(26)29-6)21(24-23(25)30)16-8-10-18(27-4)19(12-16)28-5/h7-12,21H,1-6H3,(H,24,30). The van der Waals surface area contributed by atoms with E-state index < -0.39 is 12.0 Å². The first-order chi connectivity index (χ1) is 14.3. The predicted octanol–water partition coefficient (Wildman–Crippen LogP) is 4.20. The zero-order valence-electron chi connectivity index (χ0n) is 18.0. The van der Waals surface area contributed by atoms with Crippen molar-refractivity contribution in [2.75, 3.05) is 26.2 Å². The van der Waals surface area contributed by atoms with Crippen molar-refractivity contribution in [3.05, 3.63) is 64.4 Å². The number of carbonyl (C=O) groups excluding carboxylic acids is 1. The summed E-state index contributed by atoms with van der Waals surface area (Å²) in [5, 5.41) is 3.81. The van der Waals surface area contributed by atoms with Crippen LogP contribution in [0, 0.1) is 13.8 Å². The second kappa shape index (κ2) is 8.75. The van der Waals surface area contributed by atoms with Crippen LogP contribution in [0.25, 0.3) is 0 Å². The molecule has 0 radical (unpaired) electrons. The average molecular weight is 427 g/mol. The van der Waals surface area contributed by atoms with Crippen molar-refractivity contribution >= 4 is 29.0 Å². The van der Waals surface area contributed by atoms with Crippen molar-refractivity contribution < 1.29 is 19.0 Å². The predicted molar refractivity (Wildman–Crippen MR) is 121 cm³/mol. The minimum atomic E-state index is -0.479.